The first kappa shape index (κ1) is 12.4. The summed E-state index contributed by atoms with van der Waals surface area (Å²) in [4.78, 5) is 27.5. The van der Waals surface area contributed by atoms with Gasteiger partial charge in [-0.3, -0.25) is 4.79 Å². The molecule has 0 spiro atoms. The second-order valence-electron chi connectivity index (χ2n) is 3.82. The number of aromatic nitrogens is 1. The molecule has 0 saturated carbocycles. The molecular weight excluding hydrogens is 243 g/mol. The van der Waals surface area contributed by atoms with Gasteiger partial charge in [-0.2, -0.15) is 4.39 Å². The van der Waals surface area contributed by atoms with Crippen molar-refractivity contribution >= 4 is 11.9 Å². The number of halogens is 1. The van der Waals surface area contributed by atoms with Crippen molar-refractivity contribution in [2.45, 2.75) is 6.10 Å². The normalized spacial score (nSPS) is 19.6. The fourth-order valence-electron chi connectivity index (χ4n) is 1.67. The number of aliphatic carboxylic acids is 1. The Balaban J connectivity index is 2.09. The number of rotatable bonds is 2. The predicted molar refractivity (Wildman–Crippen MR) is 57.5 cm³/mol. The molecule has 18 heavy (non-hydrogen) atoms. The Labute approximate surface area is 102 Å². The zero-order valence-corrected chi connectivity index (χ0v) is 9.38. The monoisotopic (exact) mass is 254 g/mol. The highest BCUT2D eigenvalue weighted by molar-refractivity contribution is 5.94. The van der Waals surface area contributed by atoms with Crippen LogP contribution in [-0.2, 0) is 9.53 Å². The average molecular weight is 254 g/mol. The third-order valence-corrected chi connectivity index (χ3v) is 2.60. The molecule has 0 radical (unpaired) electrons. The minimum Gasteiger partial charge on any atom is -0.479 e. The molecule has 6 nitrogen and oxygen atoms in total. The SMILES string of the molecule is O=C(O)C1CN(C(=O)c2ccc(F)nc2)CCO1. The van der Waals surface area contributed by atoms with Gasteiger partial charge in [0.25, 0.3) is 5.91 Å². The number of carboxylic acid groups (broad SMARTS) is 1. The lowest BCUT2D eigenvalue weighted by Crippen LogP contribution is -2.48. The van der Waals surface area contributed by atoms with Gasteiger partial charge in [0.05, 0.1) is 18.7 Å². The van der Waals surface area contributed by atoms with Gasteiger partial charge in [-0.05, 0) is 12.1 Å². The number of morpholine rings is 1. The van der Waals surface area contributed by atoms with E-state index in [1.807, 2.05) is 0 Å². The minimum atomic E-state index is -1.11. The van der Waals surface area contributed by atoms with Crippen molar-refractivity contribution in [1.29, 1.82) is 0 Å². The molecule has 1 unspecified atom stereocenters. The maximum atomic E-state index is 12.6. The summed E-state index contributed by atoms with van der Waals surface area (Å²) in [5.74, 6) is -2.15. The number of carboxylic acids is 1. The van der Waals surface area contributed by atoms with Crippen LogP contribution in [0.25, 0.3) is 0 Å². The van der Waals surface area contributed by atoms with Crippen molar-refractivity contribution in [2.75, 3.05) is 19.7 Å². The summed E-state index contributed by atoms with van der Waals surface area (Å²) in [6.45, 7) is 0.447. The van der Waals surface area contributed by atoms with Crippen molar-refractivity contribution in [3.63, 3.8) is 0 Å². The first-order valence-corrected chi connectivity index (χ1v) is 5.33. The van der Waals surface area contributed by atoms with E-state index in [2.05, 4.69) is 4.98 Å². The van der Waals surface area contributed by atoms with Crippen LogP contribution in [0.4, 0.5) is 4.39 Å². The van der Waals surface area contributed by atoms with Crippen molar-refractivity contribution in [1.82, 2.24) is 9.88 Å². The van der Waals surface area contributed by atoms with E-state index in [0.29, 0.717) is 6.54 Å². The van der Waals surface area contributed by atoms with E-state index in [1.165, 1.54) is 11.0 Å². The molecule has 96 valence electrons. The summed E-state index contributed by atoms with van der Waals surface area (Å²) in [6, 6.07) is 2.40. The van der Waals surface area contributed by atoms with Gasteiger partial charge < -0.3 is 14.7 Å². The summed E-state index contributed by atoms with van der Waals surface area (Å²) in [6.07, 6.45) is 0.110. The summed E-state index contributed by atoms with van der Waals surface area (Å²) in [5.41, 5.74) is 0.224. The number of carbonyl (C=O) groups excluding carboxylic acids is 1. The first-order valence-electron chi connectivity index (χ1n) is 5.33. The lowest BCUT2D eigenvalue weighted by molar-refractivity contribution is -0.154. The van der Waals surface area contributed by atoms with Crippen molar-refractivity contribution in [3.8, 4) is 0 Å². The van der Waals surface area contributed by atoms with E-state index in [1.54, 1.807) is 0 Å². The van der Waals surface area contributed by atoms with E-state index >= 15 is 0 Å². The van der Waals surface area contributed by atoms with Crippen LogP contribution in [0.3, 0.4) is 0 Å². The smallest absolute Gasteiger partial charge is 0.334 e. The zero-order valence-electron chi connectivity index (χ0n) is 9.38. The fourth-order valence-corrected chi connectivity index (χ4v) is 1.67. The van der Waals surface area contributed by atoms with Gasteiger partial charge in [0, 0.05) is 12.7 Å². The Morgan fingerprint density at radius 2 is 2.28 bits per heavy atom. The number of hydrogen-bond donors (Lipinski definition) is 1. The zero-order chi connectivity index (χ0) is 13.1. The maximum Gasteiger partial charge on any atom is 0.334 e. The number of hydrogen-bond acceptors (Lipinski definition) is 4. The van der Waals surface area contributed by atoms with E-state index in [-0.39, 0.29) is 24.6 Å². The molecule has 1 fully saturated rings. The summed E-state index contributed by atoms with van der Waals surface area (Å²) in [7, 11) is 0. The van der Waals surface area contributed by atoms with Crippen LogP contribution >= 0.6 is 0 Å². The standard InChI is InChI=1S/C11H11FN2O4/c12-9-2-1-7(5-13-9)10(15)14-3-4-18-8(6-14)11(16)17/h1-2,5,8H,3-4,6H2,(H,16,17). The van der Waals surface area contributed by atoms with E-state index in [9.17, 15) is 14.0 Å². The van der Waals surface area contributed by atoms with E-state index in [4.69, 9.17) is 9.84 Å². The molecule has 0 bridgehead atoms. The molecule has 1 aliphatic rings. The van der Waals surface area contributed by atoms with E-state index in [0.717, 1.165) is 12.3 Å². The Morgan fingerprint density at radius 3 is 2.89 bits per heavy atom. The van der Waals surface area contributed by atoms with Crippen molar-refractivity contribution in [2.24, 2.45) is 0 Å². The quantitative estimate of drug-likeness (QED) is 0.760. The molecule has 7 heteroatoms. The van der Waals surface area contributed by atoms with Gasteiger partial charge in [-0.25, -0.2) is 9.78 Å². The van der Waals surface area contributed by atoms with Gasteiger partial charge in [-0.15, -0.1) is 0 Å². The van der Waals surface area contributed by atoms with Crippen LogP contribution in [0.15, 0.2) is 18.3 Å². The van der Waals surface area contributed by atoms with Crippen LogP contribution < -0.4 is 0 Å². The molecule has 1 N–H and O–H groups in total. The molecule has 0 aromatic carbocycles. The minimum absolute atomic E-state index is 0.0223. The highest BCUT2D eigenvalue weighted by atomic mass is 19.1. The van der Waals surface area contributed by atoms with Crippen LogP contribution in [0.5, 0.6) is 0 Å². The molecule has 2 rings (SSSR count). The summed E-state index contributed by atoms with van der Waals surface area (Å²) < 4.78 is 17.6. The predicted octanol–water partition coefficient (Wildman–Crippen LogP) is 0.146. The Bertz CT molecular complexity index is 463. The second-order valence-corrected chi connectivity index (χ2v) is 3.82. The first-order chi connectivity index (χ1) is 8.58. The van der Waals surface area contributed by atoms with Crippen LogP contribution in [0.1, 0.15) is 10.4 Å². The molecule has 1 aliphatic heterocycles. The molecule has 1 aromatic heterocycles. The molecule has 2 heterocycles. The van der Waals surface area contributed by atoms with Gasteiger partial charge in [0.15, 0.2) is 6.10 Å². The highest BCUT2D eigenvalue weighted by Gasteiger charge is 2.29. The topological polar surface area (TPSA) is 79.7 Å². The molecular formula is C11H11FN2O4. The Hall–Kier alpha value is -2.02. The molecule has 1 amide bonds. The maximum absolute atomic E-state index is 12.6. The number of amides is 1. The van der Waals surface area contributed by atoms with Gasteiger partial charge >= 0.3 is 5.97 Å². The lowest BCUT2D eigenvalue weighted by Gasteiger charge is -2.30. The third kappa shape index (κ3) is 2.62. The van der Waals surface area contributed by atoms with Gasteiger partial charge in [0.2, 0.25) is 5.95 Å². The number of carbonyl (C=O) groups is 2. The summed E-state index contributed by atoms with van der Waals surface area (Å²) in [5, 5.41) is 8.82. The lowest BCUT2D eigenvalue weighted by atomic mass is 10.2. The highest BCUT2D eigenvalue weighted by Crippen LogP contribution is 2.10. The number of ether oxygens (including phenoxy) is 1. The van der Waals surface area contributed by atoms with Crippen LogP contribution in [0.2, 0.25) is 0 Å². The van der Waals surface area contributed by atoms with Gasteiger partial charge in [0.1, 0.15) is 0 Å². The van der Waals surface area contributed by atoms with E-state index < -0.39 is 18.0 Å². The second kappa shape index (κ2) is 5.09. The number of pyridine rings is 1. The molecule has 1 saturated heterocycles. The summed E-state index contributed by atoms with van der Waals surface area (Å²) >= 11 is 0. The Kier molecular flexibility index (Phi) is 3.52. The molecule has 1 aromatic rings. The van der Waals surface area contributed by atoms with Gasteiger partial charge in [-0.1, -0.05) is 0 Å². The molecule has 1 atom stereocenters. The fraction of sp³-hybridized carbons (Fsp3) is 0.364. The average Bonchev–Trinajstić information content (AvgIpc) is 2.39. The Morgan fingerprint density at radius 1 is 1.50 bits per heavy atom. The molecule has 0 aliphatic carbocycles. The van der Waals surface area contributed by atoms with Crippen molar-refractivity contribution in [3.05, 3.63) is 29.8 Å². The number of nitrogens with zero attached hydrogens (tertiary/aromatic N) is 2. The largest absolute Gasteiger partial charge is 0.479 e. The van der Waals surface area contributed by atoms with Crippen LogP contribution in [-0.4, -0.2) is 52.7 Å². The third-order valence-electron chi connectivity index (χ3n) is 2.60. The van der Waals surface area contributed by atoms with Crippen LogP contribution in [0, 0.1) is 5.95 Å². The van der Waals surface area contributed by atoms with Crippen molar-refractivity contribution < 1.29 is 23.8 Å².